The van der Waals surface area contributed by atoms with Crippen LogP contribution in [-0.2, 0) is 9.59 Å². The highest BCUT2D eigenvalue weighted by atomic mass is 19.1. The molecule has 2 heterocycles. The van der Waals surface area contributed by atoms with E-state index in [-0.39, 0.29) is 35.7 Å². The number of benzene rings is 3. The summed E-state index contributed by atoms with van der Waals surface area (Å²) in [6, 6.07) is 16.2. The number of carboxylic acids is 1. The Kier molecular flexibility index (Phi) is 7.79. The van der Waals surface area contributed by atoms with Gasteiger partial charge in [-0.3, -0.25) is 19.3 Å². The lowest BCUT2D eigenvalue weighted by molar-refractivity contribution is -0.124. The minimum absolute atomic E-state index is 0.0692. The second kappa shape index (κ2) is 11.6. The molecule has 0 atom stereocenters. The molecule has 5 N–H and O–H groups in total. The van der Waals surface area contributed by atoms with Gasteiger partial charge in [-0.15, -0.1) is 0 Å². The summed E-state index contributed by atoms with van der Waals surface area (Å²) in [5.41, 5.74) is 2.95. The quantitative estimate of drug-likeness (QED) is 0.268. The number of piperazine rings is 1. The number of hydrogen-bond acceptors (Lipinski definition) is 6. The van der Waals surface area contributed by atoms with Gasteiger partial charge in [0.05, 0.1) is 34.6 Å². The van der Waals surface area contributed by atoms with E-state index in [4.69, 9.17) is 0 Å². The van der Waals surface area contributed by atoms with Crippen LogP contribution in [0.5, 0.6) is 0 Å². The molecule has 3 amide bonds. The van der Waals surface area contributed by atoms with Gasteiger partial charge in [-0.2, -0.15) is 0 Å². The van der Waals surface area contributed by atoms with Crippen LogP contribution in [0.25, 0.3) is 11.3 Å². The zero-order valence-electron chi connectivity index (χ0n) is 22.2. The molecular formula is C30H28FN5O5. The molecule has 3 aromatic rings. The van der Waals surface area contributed by atoms with Gasteiger partial charge in [-0.1, -0.05) is 30.3 Å². The molecule has 1 fully saturated rings. The smallest absolute Gasteiger partial charge is 0.336 e. The predicted molar refractivity (Wildman–Crippen MR) is 152 cm³/mol. The van der Waals surface area contributed by atoms with E-state index in [1.54, 1.807) is 43.3 Å². The average Bonchev–Trinajstić information content (AvgIpc) is 3.25. The monoisotopic (exact) mass is 557 g/mol. The highest BCUT2D eigenvalue weighted by Gasteiger charge is 2.30. The molecule has 0 bridgehead atoms. The van der Waals surface area contributed by atoms with Crippen LogP contribution in [0.3, 0.4) is 0 Å². The van der Waals surface area contributed by atoms with Gasteiger partial charge in [0.15, 0.2) is 0 Å². The molecule has 210 valence electrons. The van der Waals surface area contributed by atoms with Crippen molar-refractivity contribution in [1.29, 1.82) is 0 Å². The molecule has 3 aromatic carbocycles. The lowest BCUT2D eigenvalue weighted by Crippen LogP contribution is -2.49. The summed E-state index contributed by atoms with van der Waals surface area (Å²) in [4.78, 5) is 50.8. The first kappa shape index (κ1) is 27.5. The molecule has 0 radical (unpaired) electrons. The summed E-state index contributed by atoms with van der Waals surface area (Å²) >= 11 is 0. The van der Waals surface area contributed by atoms with Crippen LogP contribution in [0, 0.1) is 12.7 Å². The van der Waals surface area contributed by atoms with Crippen LogP contribution in [0.2, 0.25) is 0 Å². The third-order valence-corrected chi connectivity index (χ3v) is 6.97. The molecule has 2 aliphatic rings. The summed E-state index contributed by atoms with van der Waals surface area (Å²) < 4.78 is 15.1. The molecule has 0 aliphatic carbocycles. The van der Waals surface area contributed by atoms with Gasteiger partial charge in [-0.05, 0) is 48.4 Å². The fourth-order valence-electron chi connectivity index (χ4n) is 4.91. The fraction of sp³-hybridized carbons (Fsp3) is 0.200. The number of carbonyl (C=O) groups is 4. The molecule has 0 saturated carbocycles. The number of hydrogen-bond donors (Lipinski definition) is 5. The molecule has 0 aromatic heterocycles. The van der Waals surface area contributed by atoms with E-state index in [0.717, 1.165) is 0 Å². The van der Waals surface area contributed by atoms with Crippen molar-refractivity contribution >= 4 is 46.3 Å². The molecule has 0 unspecified atom stereocenters. The third-order valence-electron chi connectivity index (χ3n) is 6.97. The Hall–Kier alpha value is -5.03. The van der Waals surface area contributed by atoms with Crippen molar-refractivity contribution < 1.29 is 28.7 Å². The number of aromatic carboxylic acids is 1. The zero-order valence-corrected chi connectivity index (χ0v) is 22.2. The maximum absolute atomic E-state index is 15.1. The normalized spacial score (nSPS) is 16.0. The first-order chi connectivity index (χ1) is 19.7. The van der Waals surface area contributed by atoms with E-state index in [2.05, 4.69) is 21.3 Å². The summed E-state index contributed by atoms with van der Waals surface area (Å²) in [6.45, 7) is 3.86. The number of anilines is 2. The van der Waals surface area contributed by atoms with E-state index in [0.29, 0.717) is 53.4 Å². The first-order valence-corrected chi connectivity index (χ1v) is 13.0. The van der Waals surface area contributed by atoms with Gasteiger partial charge in [-0.25, -0.2) is 9.18 Å². The SMILES string of the molecule is Cc1cc2c(cc1C(=O)O)NC(=O)/C2=C(/Nc1ccc(C(=O)NCCN2CCNC(=O)C2)c(F)c1)c1ccccc1. The van der Waals surface area contributed by atoms with E-state index in [1.165, 1.54) is 18.2 Å². The molecule has 0 spiro atoms. The molecule has 1 saturated heterocycles. The number of carbonyl (C=O) groups excluding carboxylic acids is 3. The Morgan fingerprint density at radius 2 is 1.83 bits per heavy atom. The van der Waals surface area contributed by atoms with E-state index < -0.39 is 23.6 Å². The molecule has 5 rings (SSSR count). The van der Waals surface area contributed by atoms with Crippen LogP contribution in [0.4, 0.5) is 15.8 Å². The Labute approximate surface area is 235 Å². The van der Waals surface area contributed by atoms with E-state index >= 15 is 4.39 Å². The van der Waals surface area contributed by atoms with Crippen molar-refractivity contribution in [3.63, 3.8) is 0 Å². The molecule has 41 heavy (non-hydrogen) atoms. The minimum Gasteiger partial charge on any atom is -0.478 e. The first-order valence-electron chi connectivity index (χ1n) is 13.0. The highest BCUT2D eigenvalue weighted by molar-refractivity contribution is 6.37. The van der Waals surface area contributed by atoms with Crippen LogP contribution in [0.15, 0.2) is 60.7 Å². The van der Waals surface area contributed by atoms with Crippen LogP contribution in [-0.4, -0.2) is 66.4 Å². The van der Waals surface area contributed by atoms with E-state index in [1.807, 2.05) is 11.0 Å². The van der Waals surface area contributed by atoms with Gasteiger partial charge in [0.25, 0.3) is 11.8 Å². The van der Waals surface area contributed by atoms with Gasteiger partial charge in [0, 0.05) is 37.4 Å². The molecular weight excluding hydrogens is 529 g/mol. The number of nitrogens with zero attached hydrogens (tertiary/aromatic N) is 1. The summed E-state index contributed by atoms with van der Waals surface area (Å²) in [5, 5.41) is 20.8. The summed E-state index contributed by atoms with van der Waals surface area (Å²) in [6.07, 6.45) is 0. The zero-order chi connectivity index (χ0) is 29.1. The average molecular weight is 558 g/mol. The predicted octanol–water partition coefficient (Wildman–Crippen LogP) is 2.93. The van der Waals surface area contributed by atoms with Crippen molar-refractivity contribution in [2.45, 2.75) is 6.92 Å². The van der Waals surface area contributed by atoms with Gasteiger partial charge in [0.1, 0.15) is 5.82 Å². The van der Waals surface area contributed by atoms with Gasteiger partial charge < -0.3 is 26.4 Å². The number of fused-ring (bicyclic) bond motifs is 1. The topological polar surface area (TPSA) is 140 Å². The third kappa shape index (κ3) is 5.94. The van der Waals surface area contributed by atoms with Crippen molar-refractivity contribution in [2.75, 3.05) is 43.4 Å². The standard InChI is InChI=1S/C30H28FN5O5/c1-17-13-22-24(15-21(17)30(40)41)35-29(39)26(22)27(18-5-3-2-4-6-18)34-19-7-8-20(23(31)14-19)28(38)33-10-12-36-11-9-32-25(37)16-36/h2-8,13-15,34H,9-12,16H2,1H3,(H,32,37)(H,33,38)(H,35,39)(H,40,41)/b27-26+. The summed E-state index contributed by atoms with van der Waals surface area (Å²) in [5.74, 6) is -2.93. The highest BCUT2D eigenvalue weighted by Crippen LogP contribution is 2.39. The van der Waals surface area contributed by atoms with Crippen molar-refractivity contribution in [3.05, 3.63) is 94.3 Å². The maximum Gasteiger partial charge on any atom is 0.336 e. The fourth-order valence-corrected chi connectivity index (χ4v) is 4.91. The van der Waals surface area contributed by atoms with Crippen LogP contribution < -0.4 is 21.3 Å². The van der Waals surface area contributed by atoms with Crippen molar-refractivity contribution in [2.24, 2.45) is 0 Å². The van der Waals surface area contributed by atoms with Gasteiger partial charge in [0.2, 0.25) is 5.91 Å². The molecule has 2 aliphatic heterocycles. The largest absolute Gasteiger partial charge is 0.478 e. The molecule has 10 nitrogen and oxygen atoms in total. The minimum atomic E-state index is -1.10. The Morgan fingerprint density at radius 1 is 1.05 bits per heavy atom. The number of rotatable bonds is 8. The van der Waals surface area contributed by atoms with Gasteiger partial charge >= 0.3 is 5.97 Å². The van der Waals surface area contributed by atoms with Crippen molar-refractivity contribution in [1.82, 2.24) is 15.5 Å². The number of aryl methyl sites for hydroxylation is 1. The Morgan fingerprint density at radius 3 is 2.54 bits per heavy atom. The Bertz CT molecular complexity index is 1590. The number of nitrogens with one attached hydrogen (secondary N) is 4. The second-order valence-electron chi connectivity index (χ2n) is 9.79. The lowest BCUT2D eigenvalue weighted by atomic mass is 9.96. The number of carboxylic acid groups (broad SMARTS) is 1. The second-order valence-corrected chi connectivity index (χ2v) is 9.79. The van der Waals surface area contributed by atoms with Crippen LogP contribution in [0.1, 0.15) is 37.4 Å². The van der Waals surface area contributed by atoms with Crippen LogP contribution >= 0.6 is 0 Å². The maximum atomic E-state index is 15.1. The summed E-state index contributed by atoms with van der Waals surface area (Å²) in [7, 11) is 0. The van der Waals surface area contributed by atoms with Crippen molar-refractivity contribution in [3.8, 4) is 0 Å². The lowest BCUT2D eigenvalue weighted by Gasteiger charge is -2.26. The van der Waals surface area contributed by atoms with E-state index in [9.17, 15) is 24.3 Å². The number of halogens is 1. The molecule has 11 heteroatoms. The number of amides is 3. The Balaban J connectivity index is 1.40.